The van der Waals surface area contributed by atoms with E-state index >= 15 is 0 Å². The number of amides is 1. The molecule has 1 amide bonds. The van der Waals surface area contributed by atoms with Crippen molar-refractivity contribution < 1.29 is 4.79 Å². The van der Waals surface area contributed by atoms with Gasteiger partial charge in [0.1, 0.15) is 11.3 Å². The first-order valence-corrected chi connectivity index (χ1v) is 8.47. The molecule has 3 aromatic heterocycles. The molecule has 0 fully saturated rings. The number of nitrogens with one attached hydrogen (secondary N) is 1. The first-order chi connectivity index (χ1) is 11.8. The van der Waals surface area contributed by atoms with Crippen LogP contribution in [-0.2, 0) is 6.54 Å². The summed E-state index contributed by atoms with van der Waals surface area (Å²) in [5.74, 6) is -0.103. The second-order valence-corrected chi connectivity index (χ2v) is 7.63. The lowest BCUT2D eigenvalue weighted by Crippen LogP contribution is -2.46. The Kier molecular flexibility index (Phi) is 4.37. The van der Waals surface area contributed by atoms with E-state index in [2.05, 4.69) is 36.1 Å². The Labute approximate surface area is 147 Å². The molecule has 0 saturated carbocycles. The highest BCUT2D eigenvalue weighted by atomic mass is 16.2. The summed E-state index contributed by atoms with van der Waals surface area (Å²) in [6, 6.07) is 3.93. The third-order valence-electron chi connectivity index (χ3n) is 4.47. The lowest BCUT2D eigenvalue weighted by molar-refractivity contribution is 0.0886. The van der Waals surface area contributed by atoms with Gasteiger partial charge >= 0.3 is 0 Å². The van der Waals surface area contributed by atoms with E-state index in [1.807, 2.05) is 47.3 Å². The second kappa shape index (κ2) is 6.35. The van der Waals surface area contributed by atoms with Gasteiger partial charge in [-0.3, -0.25) is 9.20 Å². The summed E-state index contributed by atoms with van der Waals surface area (Å²) in [7, 11) is 0. The van der Waals surface area contributed by atoms with E-state index in [9.17, 15) is 4.79 Å². The summed E-state index contributed by atoms with van der Waals surface area (Å²) in [4.78, 5) is 21.6. The van der Waals surface area contributed by atoms with Crippen LogP contribution in [0.4, 0.5) is 0 Å². The Morgan fingerprint density at radius 2 is 2.04 bits per heavy atom. The van der Waals surface area contributed by atoms with Gasteiger partial charge in [-0.05, 0) is 37.0 Å². The Morgan fingerprint density at radius 3 is 2.68 bits per heavy atom. The third kappa shape index (κ3) is 3.57. The molecule has 6 heteroatoms. The molecule has 0 aliphatic heterocycles. The van der Waals surface area contributed by atoms with Crippen molar-refractivity contribution in [2.24, 2.45) is 5.41 Å². The highest BCUT2D eigenvalue weighted by Crippen LogP contribution is 2.22. The zero-order valence-electron chi connectivity index (χ0n) is 15.4. The van der Waals surface area contributed by atoms with Crippen molar-refractivity contribution in [1.29, 1.82) is 0 Å². The fourth-order valence-corrected chi connectivity index (χ4v) is 2.91. The lowest BCUT2D eigenvalue weighted by atomic mass is 9.86. The Bertz CT molecular complexity index is 887. The third-order valence-corrected chi connectivity index (χ3v) is 4.47. The number of aromatic nitrogens is 4. The number of carbonyl (C=O) groups excluding carboxylic acids is 1. The van der Waals surface area contributed by atoms with E-state index < -0.39 is 0 Å². The summed E-state index contributed by atoms with van der Waals surface area (Å²) >= 11 is 0. The van der Waals surface area contributed by atoms with Gasteiger partial charge in [-0.1, -0.05) is 20.8 Å². The molecule has 0 saturated heterocycles. The van der Waals surface area contributed by atoms with Crippen molar-refractivity contribution in [3.05, 3.63) is 54.0 Å². The smallest absolute Gasteiger partial charge is 0.270 e. The zero-order valence-corrected chi connectivity index (χ0v) is 15.4. The summed E-state index contributed by atoms with van der Waals surface area (Å²) in [6.45, 7) is 10.9. The van der Waals surface area contributed by atoms with Crippen LogP contribution in [0, 0.1) is 19.3 Å². The van der Waals surface area contributed by atoms with Gasteiger partial charge in [-0.25, -0.2) is 9.97 Å². The van der Waals surface area contributed by atoms with Gasteiger partial charge in [0.2, 0.25) is 0 Å². The summed E-state index contributed by atoms with van der Waals surface area (Å²) in [6.07, 6.45) is 7.33. The predicted molar refractivity (Wildman–Crippen MR) is 97.6 cm³/mol. The number of fused-ring (bicyclic) bond motifs is 1. The van der Waals surface area contributed by atoms with Crippen molar-refractivity contribution in [3.8, 4) is 0 Å². The van der Waals surface area contributed by atoms with Gasteiger partial charge in [0.25, 0.3) is 5.91 Å². The minimum Gasteiger partial charge on any atom is -0.346 e. The average Bonchev–Trinajstić information content (AvgIpc) is 3.11. The number of hydrogen-bond acceptors (Lipinski definition) is 3. The predicted octanol–water partition coefficient (Wildman–Crippen LogP) is 2.99. The van der Waals surface area contributed by atoms with Crippen LogP contribution < -0.4 is 5.32 Å². The fourth-order valence-electron chi connectivity index (χ4n) is 2.91. The largest absolute Gasteiger partial charge is 0.346 e. The maximum absolute atomic E-state index is 13.0. The van der Waals surface area contributed by atoms with Gasteiger partial charge in [0.05, 0.1) is 18.1 Å². The van der Waals surface area contributed by atoms with Crippen LogP contribution in [0.1, 0.15) is 42.5 Å². The molecule has 0 aliphatic rings. The molecule has 3 rings (SSSR count). The molecule has 0 spiro atoms. The maximum Gasteiger partial charge on any atom is 0.270 e. The second-order valence-electron chi connectivity index (χ2n) is 7.63. The van der Waals surface area contributed by atoms with E-state index in [4.69, 9.17) is 0 Å². The van der Waals surface area contributed by atoms with Crippen LogP contribution in [0.15, 0.2) is 37.1 Å². The van der Waals surface area contributed by atoms with Gasteiger partial charge < -0.3 is 9.88 Å². The highest BCUT2D eigenvalue weighted by molar-refractivity contribution is 5.94. The number of carbonyl (C=O) groups is 1. The minimum atomic E-state index is -0.103. The molecule has 1 N–H and O–H groups in total. The first kappa shape index (κ1) is 17.2. The Balaban J connectivity index is 1.90. The van der Waals surface area contributed by atoms with Crippen molar-refractivity contribution in [2.45, 2.75) is 47.2 Å². The SMILES string of the molecule is Cc1ccn2c(C(=O)N[C@@H](Cn3ccnc3)C(C)(C)C)c(C)nc2c1. The molecular weight excluding hydrogens is 314 g/mol. The quantitative estimate of drug-likeness (QED) is 0.795. The van der Waals surface area contributed by atoms with Crippen LogP contribution in [0.5, 0.6) is 0 Å². The number of nitrogens with zero attached hydrogens (tertiary/aromatic N) is 4. The molecule has 3 heterocycles. The van der Waals surface area contributed by atoms with Gasteiger partial charge in [-0.15, -0.1) is 0 Å². The van der Waals surface area contributed by atoms with Crippen LogP contribution in [0.3, 0.4) is 0 Å². The molecule has 6 nitrogen and oxygen atoms in total. The molecule has 0 unspecified atom stereocenters. The first-order valence-electron chi connectivity index (χ1n) is 8.47. The lowest BCUT2D eigenvalue weighted by Gasteiger charge is -2.31. The van der Waals surface area contributed by atoms with Gasteiger partial charge in [-0.2, -0.15) is 0 Å². The molecule has 3 aromatic rings. The number of aryl methyl sites for hydroxylation is 2. The van der Waals surface area contributed by atoms with E-state index in [1.165, 1.54) is 0 Å². The molecule has 0 bridgehead atoms. The van der Waals surface area contributed by atoms with Crippen LogP contribution >= 0.6 is 0 Å². The number of pyridine rings is 1. The monoisotopic (exact) mass is 339 g/mol. The standard InChI is InChI=1S/C19H25N5O/c1-13-6-8-24-16(10-13)21-14(2)17(24)18(25)22-15(19(3,4)5)11-23-9-7-20-12-23/h6-10,12,15H,11H2,1-5H3,(H,22,25)/t15-/m0/s1. The molecule has 0 radical (unpaired) electrons. The van der Waals surface area contributed by atoms with Crippen LogP contribution in [-0.4, -0.2) is 30.9 Å². The van der Waals surface area contributed by atoms with Gasteiger partial charge in [0.15, 0.2) is 0 Å². The topological polar surface area (TPSA) is 64.2 Å². The highest BCUT2D eigenvalue weighted by Gasteiger charge is 2.28. The number of imidazole rings is 2. The molecule has 25 heavy (non-hydrogen) atoms. The van der Waals surface area contributed by atoms with Crippen molar-refractivity contribution in [3.63, 3.8) is 0 Å². The van der Waals surface area contributed by atoms with Gasteiger partial charge in [0, 0.05) is 25.1 Å². The number of hydrogen-bond donors (Lipinski definition) is 1. The average molecular weight is 339 g/mol. The maximum atomic E-state index is 13.0. The molecule has 0 aliphatic carbocycles. The summed E-state index contributed by atoms with van der Waals surface area (Å²) in [5.41, 5.74) is 3.15. The molecule has 1 atom stereocenters. The zero-order chi connectivity index (χ0) is 18.2. The van der Waals surface area contributed by atoms with E-state index in [0.717, 1.165) is 16.9 Å². The summed E-state index contributed by atoms with van der Waals surface area (Å²) < 4.78 is 3.84. The minimum absolute atomic E-state index is 0.0374. The molecule has 0 aromatic carbocycles. The molecular formula is C19H25N5O. The number of rotatable bonds is 4. The van der Waals surface area contributed by atoms with Crippen molar-refractivity contribution >= 4 is 11.6 Å². The Hall–Kier alpha value is -2.63. The normalized spacial score (nSPS) is 13.2. The van der Waals surface area contributed by atoms with E-state index in [1.54, 1.807) is 12.5 Å². The van der Waals surface area contributed by atoms with E-state index in [-0.39, 0.29) is 17.4 Å². The van der Waals surface area contributed by atoms with Crippen LogP contribution in [0.2, 0.25) is 0 Å². The van der Waals surface area contributed by atoms with Crippen molar-refractivity contribution in [1.82, 2.24) is 24.3 Å². The Morgan fingerprint density at radius 1 is 1.28 bits per heavy atom. The van der Waals surface area contributed by atoms with Crippen molar-refractivity contribution in [2.75, 3.05) is 0 Å². The summed E-state index contributed by atoms with van der Waals surface area (Å²) in [5, 5.41) is 3.20. The fraction of sp³-hybridized carbons (Fsp3) is 0.421. The molecule has 132 valence electrons. The van der Waals surface area contributed by atoms with Crippen LogP contribution in [0.25, 0.3) is 5.65 Å². The van der Waals surface area contributed by atoms with E-state index in [0.29, 0.717) is 12.2 Å².